The molecule has 0 radical (unpaired) electrons. The SMILES string of the molecule is Cc1noc(-c2ccc(CCl)cc2)c1N(C(=O)O)c1ccccc1. The second-order valence-electron chi connectivity index (χ2n) is 5.23. The summed E-state index contributed by atoms with van der Waals surface area (Å²) >= 11 is 5.81. The first-order valence-corrected chi connectivity index (χ1v) is 7.85. The largest absolute Gasteiger partial charge is 0.464 e. The number of carboxylic acid groups (broad SMARTS) is 1. The van der Waals surface area contributed by atoms with E-state index in [1.165, 1.54) is 4.90 Å². The molecule has 0 aliphatic carbocycles. The zero-order chi connectivity index (χ0) is 17.1. The molecule has 2 aromatic carbocycles. The fourth-order valence-corrected chi connectivity index (χ4v) is 2.65. The molecule has 3 aromatic rings. The topological polar surface area (TPSA) is 66.6 Å². The summed E-state index contributed by atoms with van der Waals surface area (Å²) in [5.41, 5.74) is 3.14. The van der Waals surface area contributed by atoms with Crippen molar-refractivity contribution >= 4 is 29.1 Å². The number of carbonyl (C=O) groups is 1. The fraction of sp³-hybridized carbons (Fsp3) is 0.111. The average molecular weight is 343 g/mol. The van der Waals surface area contributed by atoms with Gasteiger partial charge in [0.1, 0.15) is 11.4 Å². The van der Waals surface area contributed by atoms with Gasteiger partial charge in [-0.1, -0.05) is 47.6 Å². The smallest absolute Gasteiger partial charge is 0.416 e. The lowest BCUT2D eigenvalue weighted by atomic mass is 10.1. The quantitative estimate of drug-likeness (QED) is 0.661. The number of amides is 1. The van der Waals surface area contributed by atoms with Crippen LogP contribution >= 0.6 is 11.6 Å². The molecular formula is C18H15ClN2O3. The summed E-state index contributed by atoms with van der Waals surface area (Å²) < 4.78 is 5.42. The van der Waals surface area contributed by atoms with Gasteiger partial charge in [-0.3, -0.25) is 0 Å². The zero-order valence-electron chi connectivity index (χ0n) is 12.9. The van der Waals surface area contributed by atoms with Crippen LogP contribution < -0.4 is 4.90 Å². The zero-order valence-corrected chi connectivity index (χ0v) is 13.7. The molecule has 1 amide bonds. The number of halogens is 1. The Morgan fingerprint density at radius 1 is 1.17 bits per heavy atom. The van der Waals surface area contributed by atoms with E-state index in [2.05, 4.69) is 5.16 Å². The molecule has 3 rings (SSSR count). The highest BCUT2D eigenvalue weighted by molar-refractivity contribution is 6.17. The van der Waals surface area contributed by atoms with Crippen LogP contribution in [-0.2, 0) is 5.88 Å². The number of nitrogens with zero attached hydrogens (tertiary/aromatic N) is 2. The molecule has 6 heteroatoms. The van der Waals surface area contributed by atoms with E-state index in [9.17, 15) is 9.90 Å². The molecule has 0 spiro atoms. The fourth-order valence-electron chi connectivity index (χ4n) is 2.48. The number of hydrogen-bond acceptors (Lipinski definition) is 3. The number of para-hydroxylation sites is 1. The summed E-state index contributed by atoms with van der Waals surface area (Å²) in [5.74, 6) is 0.813. The van der Waals surface area contributed by atoms with E-state index < -0.39 is 6.09 Å². The lowest BCUT2D eigenvalue weighted by molar-refractivity contribution is 0.204. The molecule has 0 aliphatic rings. The highest BCUT2D eigenvalue weighted by Gasteiger charge is 2.27. The first kappa shape index (κ1) is 16.1. The molecule has 24 heavy (non-hydrogen) atoms. The van der Waals surface area contributed by atoms with Gasteiger partial charge in [0.25, 0.3) is 0 Å². The van der Waals surface area contributed by atoms with E-state index in [1.54, 1.807) is 31.2 Å². The molecule has 1 aromatic heterocycles. The second kappa shape index (κ2) is 6.76. The molecule has 1 N–H and O–H groups in total. The van der Waals surface area contributed by atoms with Crippen LogP contribution in [0.3, 0.4) is 0 Å². The lowest BCUT2D eigenvalue weighted by Gasteiger charge is -2.19. The molecule has 122 valence electrons. The van der Waals surface area contributed by atoms with E-state index in [0.29, 0.717) is 28.7 Å². The molecule has 5 nitrogen and oxygen atoms in total. The Morgan fingerprint density at radius 3 is 2.42 bits per heavy atom. The number of aromatic nitrogens is 1. The van der Waals surface area contributed by atoms with Crippen molar-refractivity contribution in [1.29, 1.82) is 0 Å². The van der Waals surface area contributed by atoms with E-state index >= 15 is 0 Å². The molecule has 0 fully saturated rings. The van der Waals surface area contributed by atoms with Gasteiger partial charge in [-0.2, -0.15) is 0 Å². The minimum absolute atomic E-state index is 0.403. The van der Waals surface area contributed by atoms with Crippen LogP contribution in [0.1, 0.15) is 11.3 Å². The van der Waals surface area contributed by atoms with Crippen LogP contribution in [0.5, 0.6) is 0 Å². The summed E-state index contributed by atoms with van der Waals surface area (Å²) in [7, 11) is 0. The molecular weight excluding hydrogens is 328 g/mol. The van der Waals surface area contributed by atoms with Crippen molar-refractivity contribution < 1.29 is 14.4 Å². The Balaban J connectivity index is 2.13. The van der Waals surface area contributed by atoms with E-state index in [4.69, 9.17) is 16.1 Å². The molecule has 1 heterocycles. The van der Waals surface area contributed by atoms with Gasteiger partial charge >= 0.3 is 6.09 Å². The minimum Gasteiger partial charge on any atom is -0.464 e. The van der Waals surface area contributed by atoms with Crippen molar-refractivity contribution in [2.45, 2.75) is 12.8 Å². The highest BCUT2D eigenvalue weighted by Crippen LogP contribution is 2.38. The Labute approximate surface area is 144 Å². The molecule has 0 aliphatic heterocycles. The van der Waals surface area contributed by atoms with Crippen LogP contribution in [0.25, 0.3) is 11.3 Å². The number of anilines is 2. The van der Waals surface area contributed by atoms with E-state index in [1.807, 2.05) is 30.3 Å². The summed E-state index contributed by atoms with van der Waals surface area (Å²) in [5, 5.41) is 13.7. The third kappa shape index (κ3) is 2.98. The van der Waals surface area contributed by atoms with Gasteiger partial charge in [0.15, 0.2) is 5.76 Å². The van der Waals surface area contributed by atoms with Crippen molar-refractivity contribution in [2.24, 2.45) is 0 Å². The van der Waals surface area contributed by atoms with Crippen molar-refractivity contribution in [3.63, 3.8) is 0 Å². The molecule has 0 atom stereocenters. The molecule has 0 saturated heterocycles. The van der Waals surface area contributed by atoms with Gasteiger partial charge in [-0.25, -0.2) is 9.69 Å². The van der Waals surface area contributed by atoms with Crippen LogP contribution in [0.15, 0.2) is 59.1 Å². The summed E-state index contributed by atoms with van der Waals surface area (Å²) in [4.78, 5) is 13.1. The lowest BCUT2D eigenvalue weighted by Crippen LogP contribution is -2.24. The number of alkyl halides is 1. The van der Waals surface area contributed by atoms with Gasteiger partial charge < -0.3 is 9.63 Å². The number of benzene rings is 2. The summed E-state index contributed by atoms with van der Waals surface area (Å²) in [6, 6.07) is 16.3. The summed E-state index contributed by atoms with van der Waals surface area (Å²) in [6.45, 7) is 1.72. The molecule has 0 bridgehead atoms. The summed E-state index contributed by atoms with van der Waals surface area (Å²) in [6.07, 6.45) is -1.11. The van der Waals surface area contributed by atoms with E-state index in [0.717, 1.165) is 11.1 Å². The third-order valence-corrected chi connectivity index (χ3v) is 3.94. The predicted molar refractivity (Wildman–Crippen MR) is 92.8 cm³/mol. The second-order valence-corrected chi connectivity index (χ2v) is 5.50. The molecule has 0 unspecified atom stereocenters. The maximum atomic E-state index is 11.9. The third-order valence-electron chi connectivity index (χ3n) is 3.63. The Hall–Kier alpha value is -2.79. The van der Waals surface area contributed by atoms with Gasteiger partial charge in [0.2, 0.25) is 0 Å². The Bertz CT molecular complexity index is 844. The number of aryl methyl sites for hydroxylation is 1. The van der Waals surface area contributed by atoms with Crippen molar-refractivity contribution in [3.05, 3.63) is 65.9 Å². The van der Waals surface area contributed by atoms with Crippen molar-refractivity contribution in [2.75, 3.05) is 4.90 Å². The first-order valence-electron chi connectivity index (χ1n) is 7.31. The van der Waals surface area contributed by atoms with Gasteiger partial charge in [0, 0.05) is 11.4 Å². The Kier molecular flexibility index (Phi) is 4.53. The van der Waals surface area contributed by atoms with Crippen LogP contribution in [0.4, 0.5) is 16.2 Å². The number of hydrogen-bond donors (Lipinski definition) is 1. The van der Waals surface area contributed by atoms with Gasteiger partial charge in [0.05, 0.1) is 5.69 Å². The van der Waals surface area contributed by atoms with Gasteiger partial charge in [-0.05, 0) is 24.6 Å². The van der Waals surface area contributed by atoms with Crippen LogP contribution in [0.2, 0.25) is 0 Å². The minimum atomic E-state index is -1.11. The maximum Gasteiger partial charge on any atom is 0.416 e. The number of rotatable bonds is 4. The Morgan fingerprint density at radius 2 is 1.83 bits per heavy atom. The van der Waals surface area contributed by atoms with Crippen LogP contribution in [-0.4, -0.2) is 16.4 Å². The van der Waals surface area contributed by atoms with Gasteiger partial charge in [-0.15, -0.1) is 11.6 Å². The molecule has 0 saturated carbocycles. The standard InChI is InChI=1S/C18H15ClN2O3/c1-12-16(21(18(22)23)15-5-3-2-4-6-15)17(24-20-12)14-9-7-13(11-19)8-10-14/h2-10H,11H2,1H3,(H,22,23). The first-order chi connectivity index (χ1) is 11.6. The van der Waals surface area contributed by atoms with E-state index in [-0.39, 0.29) is 0 Å². The van der Waals surface area contributed by atoms with Crippen molar-refractivity contribution in [1.82, 2.24) is 5.16 Å². The monoisotopic (exact) mass is 342 g/mol. The van der Waals surface area contributed by atoms with Crippen LogP contribution in [0, 0.1) is 6.92 Å². The predicted octanol–water partition coefficient (Wildman–Crippen LogP) is 5.20. The normalized spacial score (nSPS) is 10.6. The van der Waals surface area contributed by atoms with Crippen molar-refractivity contribution in [3.8, 4) is 11.3 Å². The maximum absolute atomic E-state index is 11.9. The highest BCUT2D eigenvalue weighted by atomic mass is 35.5. The average Bonchev–Trinajstić information content (AvgIpc) is 2.97.